The molecule has 0 unspecified atom stereocenters. The second-order valence-electron chi connectivity index (χ2n) is 4.01. The van der Waals surface area contributed by atoms with Crippen molar-refractivity contribution in [3.05, 3.63) is 18.6 Å². The number of rotatable bonds is 0. The average molecular weight is 176 g/mol. The van der Waals surface area contributed by atoms with E-state index in [1.165, 1.54) is 0 Å². The minimum atomic E-state index is -0.0115. The molecule has 0 bridgehead atoms. The Labute approximate surface area is 76.6 Å². The number of fused-ring (bicyclic) bond motifs is 1. The lowest BCUT2D eigenvalue weighted by Crippen LogP contribution is -2.21. The summed E-state index contributed by atoms with van der Waals surface area (Å²) >= 11 is 0. The van der Waals surface area contributed by atoms with Gasteiger partial charge in [-0.05, 0) is 20.8 Å². The Hall–Kier alpha value is -1.45. The van der Waals surface area contributed by atoms with Crippen molar-refractivity contribution in [2.45, 2.75) is 26.3 Å². The molecule has 0 N–H and O–H groups in total. The summed E-state index contributed by atoms with van der Waals surface area (Å²) in [5.74, 6) is 0. The van der Waals surface area contributed by atoms with Gasteiger partial charge in [0.15, 0.2) is 5.65 Å². The average Bonchev–Trinajstić information content (AvgIpc) is 2.45. The molecule has 2 aromatic heterocycles. The van der Waals surface area contributed by atoms with Crippen molar-refractivity contribution in [2.24, 2.45) is 0 Å². The minimum Gasteiger partial charge on any atom is -0.263 e. The molecule has 4 nitrogen and oxygen atoms in total. The number of hydrogen-bond donors (Lipinski definition) is 0. The van der Waals surface area contributed by atoms with Gasteiger partial charge in [0, 0.05) is 12.4 Å². The highest BCUT2D eigenvalue weighted by molar-refractivity contribution is 5.67. The van der Waals surface area contributed by atoms with Crippen LogP contribution < -0.4 is 0 Å². The summed E-state index contributed by atoms with van der Waals surface area (Å²) in [6.07, 6.45) is 5.25. The fourth-order valence-electron chi connectivity index (χ4n) is 1.10. The quantitative estimate of drug-likeness (QED) is 0.612. The second-order valence-corrected chi connectivity index (χ2v) is 4.01. The predicted octanol–water partition coefficient (Wildman–Crippen LogP) is 1.58. The Bertz CT molecular complexity index is 391. The van der Waals surface area contributed by atoms with Crippen molar-refractivity contribution in [1.82, 2.24) is 19.7 Å². The lowest BCUT2D eigenvalue weighted by atomic mass is 10.1. The van der Waals surface area contributed by atoms with E-state index in [2.05, 4.69) is 35.8 Å². The van der Waals surface area contributed by atoms with Crippen LogP contribution in [0.4, 0.5) is 0 Å². The van der Waals surface area contributed by atoms with Gasteiger partial charge in [-0.2, -0.15) is 5.10 Å². The van der Waals surface area contributed by atoms with Gasteiger partial charge in [-0.1, -0.05) is 0 Å². The molecule has 0 radical (unpaired) electrons. The summed E-state index contributed by atoms with van der Waals surface area (Å²) in [6, 6.07) is 0. The van der Waals surface area contributed by atoms with Gasteiger partial charge in [0.25, 0.3) is 0 Å². The Morgan fingerprint density at radius 2 is 1.85 bits per heavy atom. The summed E-state index contributed by atoms with van der Waals surface area (Å²) in [5, 5.41) is 4.33. The first-order valence-corrected chi connectivity index (χ1v) is 4.24. The summed E-state index contributed by atoms with van der Waals surface area (Å²) in [6.45, 7) is 6.29. The fraction of sp³-hybridized carbons (Fsp3) is 0.444. The first-order chi connectivity index (χ1) is 6.07. The maximum Gasteiger partial charge on any atom is 0.199 e. The van der Waals surface area contributed by atoms with Crippen molar-refractivity contribution in [3.8, 4) is 0 Å². The SMILES string of the molecule is CC(C)(C)n1cc2nccnc2n1. The molecule has 2 rings (SSSR count). The zero-order valence-electron chi connectivity index (χ0n) is 8.02. The van der Waals surface area contributed by atoms with Crippen LogP contribution in [0.2, 0.25) is 0 Å². The van der Waals surface area contributed by atoms with Crippen LogP contribution in [0.1, 0.15) is 20.8 Å². The van der Waals surface area contributed by atoms with Gasteiger partial charge in [0.1, 0.15) is 5.52 Å². The van der Waals surface area contributed by atoms with Crippen LogP contribution >= 0.6 is 0 Å². The van der Waals surface area contributed by atoms with Crippen LogP contribution in [0.25, 0.3) is 11.2 Å². The van der Waals surface area contributed by atoms with Gasteiger partial charge < -0.3 is 0 Å². The van der Waals surface area contributed by atoms with E-state index in [0.29, 0.717) is 5.65 Å². The predicted molar refractivity (Wildman–Crippen MR) is 50.3 cm³/mol. The lowest BCUT2D eigenvalue weighted by molar-refractivity contribution is 0.358. The smallest absolute Gasteiger partial charge is 0.199 e. The van der Waals surface area contributed by atoms with Crippen molar-refractivity contribution < 1.29 is 0 Å². The van der Waals surface area contributed by atoms with E-state index in [0.717, 1.165) is 5.52 Å². The van der Waals surface area contributed by atoms with Crippen molar-refractivity contribution in [2.75, 3.05) is 0 Å². The molecule has 0 aliphatic carbocycles. The molecule has 0 spiro atoms. The molecule has 0 amide bonds. The first kappa shape index (κ1) is 8.16. The highest BCUT2D eigenvalue weighted by Crippen LogP contribution is 2.15. The molecule has 13 heavy (non-hydrogen) atoms. The van der Waals surface area contributed by atoms with E-state index < -0.39 is 0 Å². The fourth-order valence-corrected chi connectivity index (χ4v) is 1.10. The Morgan fingerprint density at radius 3 is 2.46 bits per heavy atom. The molecule has 0 aromatic carbocycles. The first-order valence-electron chi connectivity index (χ1n) is 4.24. The summed E-state index contributed by atoms with van der Waals surface area (Å²) in [5.41, 5.74) is 1.54. The third-order valence-corrected chi connectivity index (χ3v) is 1.84. The molecule has 0 aliphatic rings. The molecular formula is C9H12N4. The molecule has 2 heterocycles. The van der Waals surface area contributed by atoms with E-state index in [1.54, 1.807) is 12.4 Å². The monoisotopic (exact) mass is 176 g/mol. The molecule has 0 aliphatic heterocycles. The van der Waals surface area contributed by atoms with Crippen molar-refractivity contribution >= 4 is 11.2 Å². The topological polar surface area (TPSA) is 43.6 Å². The number of nitrogens with zero attached hydrogens (tertiary/aromatic N) is 4. The number of hydrogen-bond acceptors (Lipinski definition) is 3. The zero-order chi connectivity index (χ0) is 9.47. The molecule has 4 heteroatoms. The van der Waals surface area contributed by atoms with E-state index in [4.69, 9.17) is 0 Å². The van der Waals surface area contributed by atoms with Gasteiger partial charge in [-0.25, -0.2) is 9.97 Å². The van der Waals surface area contributed by atoms with E-state index in [9.17, 15) is 0 Å². The van der Waals surface area contributed by atoms with Crippen LogP contribution in [0.5, 0.6) is 0 Å². The highest BCUT2D eigenvalue weighted by atomic mass is 15.3. The van der Waals surface area contributed by atoms with Crippen molar-refractivity contribution in [3.63, 3.8) is 0 Å². The maximum absolute atomic E-state index is 4.33. The van der Waals surface area contributed by atoms with Crippen LogP contribution in [-0.2, 0) is 5.54 Å². The maximum atomic E-state index is 4.33. The standard InChI is InChI=1S/C9H12N4/c1-9(2,3)13-6-7-8(12-13)11-5-4-10-7/h4-6H,1-3H3. The van der Waals surface area contributed by atoms with E-state index in [1.807, 2.05) is 10.9 Å². The molecule has 68 valence electrons. The largest absolute Gasteiger partial charge is 0.263 e. The summed E-state index contributed by atoms with van der Waals surface area (Å²) < 4.78 is 1.89. The van der Waals surface area contributed by atoms with E-state index >= 15 is 0 Å². The third kappa shape index (κ3) is 1.39. The number of aromatic nitrogens is 4. The van der Waals surface area contributed by atoms with Crippen LogP contribution in [0.3, 0.4) is 0 Å². The highest BCUT2D eigenvalue weighted by Gasteiger charge is 2.15. The normalized spacial score (nSPS) is 12.2. The van der Waals surface area contributed by atoms with Gasteiger partial charge in [-0.3, -0.25) is 4.68 Å². The Morgan fingerprint density at radius 1 is 1.15 bits per heavy atom. The summed E-state index contributed by atoms with van der Waals surface area (Å²) in [4.78, 5) is 8.29. The molecule has 0 saturated heterocycles. The lowest BCUT2D eigenvalue weighted by Gasteiger charge is -2.18. The van der Waals surface area contributed by atoms with Crippen LogP contribution in [0, 0.1) is 0 Å². The van der Waals surface area contributed by atoms with Crippen molar-refractivity contribution in [1.29, 1.82) is 0 Å². The van der Waals surface area contributed by atoms with Gasteiger partial charge in [0.05, 0.1) is 11.7 Å². The Kier molecular flexibility index (Phi) is 1.58. The molecule has 0 fully saturated rings. The molecule has 0 saturated carbocycles. The van der Waals surface area contributed by atoms with Crippen LogP contribution in [-0.4, -0.2) is 19.7 Å². The molecule has 2 aromatic rings. The van der Waals surface area contributed by atoms with Gasteiger partial charge >= 0.3 is 0 Å². The Balaban J connectivity index is 2.63. The molecular weight excluding hydrogens is 164 g/mol. The third-order valence-electron chi connectivity index (χ3n) is 1.84. The zero-order valence-corrected chi connectivity index (χ0v) is 8.02. The minimum absolute atomic E-state index is 0.0115. The van der Waals surface area contributed by atoms with Gasteiger partial charge in [-0.15, -0.1) is 0 Å². The van der Waals surface area contributed by atoms with E-state index in [-0.39, 0.29) is 5.54 Å². The second kappa shape index (κ2) is 2.52. The van der Waals surface area contributed by atoms with Crippen LogP contribution in [0.15, 0.2) is 18.6 Å². The van der Waals surface area contributed by atoms with Gasteiger partial charge in [0.2, 0.25) is 0 Å². The summed E-state index contributed by atoms with van der Waals surface area (Å²) in [7, 11) is 0. The molecule has 0 atom stereocenters.